The first kappa shape index (κ1) is 14.7. The van der Waals surface area contributed by atoms with Crippen molar-refractivity contribution in [1.29, 1.82) is 0 Å². The molecule has 0 aliphatic heterocycles. The van der Waals surface area contributed by atoms with Crippen LogP contribution in [0.1, 0.15) is 29.8 Å². The van der Waals surface area contributed by atoms with Crippen molar-refractivity contribution in [2.24, 2.45) is 0 Å². The molecule has 0 spiro atoms. The van der Waals surface area contributed by atoms with E-state index in [1.807, 2.05) is 13.8 Å². The molecule has 2 aromatic carbocycles. The topological polar surface area (TPSA) is 26.3 Å². The second-order valence-electron chi connectivity index (χ2n) is 4.65. The molecule has 4 heteroatoms. The van der Waals surface area contributed by atoms with E-state index in [0.29, 0.717) is 21.3 Å². The van der Waals surface area contributed by atoms with Crippen molar-refractivity contribution in [3.63, 3.8) is 0 Å². The lowest BCUT2D eigenvalue weighted by atomic mass is 10.0. The average Bonchev–Trinajstić information content (AvgIpc) is 2.41. The van der Waals surface area contributed by atoms with Crippen molar-refractivity contribution in [1.82, 2.24) is 0 Å². The molecule has 2 aromatic rings. The number of halogens is 2. The SMILES string of the molecule is CC(C)Oc1ccc(C(=O)c2ccc(Br)c(F)c2)cc1. The minimum absolute atomic E-state index is 0.0807. The number of benzene rings is 2. The molecule has 0 aliphatic rings. The van der Waals surface area contributed by atoms with Gasteiger partial charge in [0, 0.05) is 11.1 Å². The number of carbonyl (C=O) groups excluding carboxylic acids is 1. The summed E-state index contributed by atoms with van der Waals surface area (Å²) in [5.41, 5.74) is 0.825. The molecule has 0 bridgehead atoms. The zero-order valence-electron chi connectivity index (χ0n) is 11.2. The van der Waals surface area contributed by atoms with Crippen molar-refractivity contribution < 1.29 is 13.9 Å². The second kappa shape index (κ2) is 6.18. The van der Waals surface area contributed by atoms with Crippen LogP contribution in [0.15, 0.2) is 46.9 Å². The van der Waals surface area contributed by atoms with Crippen molar-refractivity contribution >= 4 is 21.7 Å². The Morgan fingerprint density at radius 2 is 1.70 bits per heavy atom. The third kappa shape index (κ3) is 3.45. The van der Waals surface area contributed by atoms with Gasteiger partial charge >= 0.3 is 0 Å². The first-order valence-electron chi connectivity index (χ1n) is 6.24. The molecule has 2 rings (SSSR count). The fraction of sp³-hybridized carbons (Fsp3) is 0.188. The van der Waals surface area contributed by atoms with Crippen LogP contribution in [0, 0.1) is 5.82 Å². The molecule has 0 amide bonds. The summed E-state index contributed by atoms with van der Waals surface area (Å²) in [6.45, 7) is 3.87. The number of hydrogen-bond acceptors (Lipinski definition) is 2. The van der Waals surface area contributed by atoms with Crippen LogP contribution in [0.25, 0.3) is 0 Å². The molecule has 0 aliphatic carbocycles. The molecular weight excluding hydrogens is 323 g/mol. The van der Waals surface area contributed by atoms with Gasteiger partial charge in [0.05, 0.1) is 10.6 Å². The highest BCUT2D eigenvalue weighted by molar-refractivity contribution is 9.10. The number of hydrogen-bond donors (Lipinski definition) is 0. The predicted molar refractivity (Wildman–Crippen MR) is 79.7 cm³/mol. The van der Waals surface area contributed by atoms with Gasteiger partial charge in [0.15, 0.2) is 5.78 Å². The van der Waals surface area contributed by atoms with Gasteiger partial charge in [0.1, 0.15) is 11.6 Å². The predicted octanol–water partition coefficient (Wildman–Crippen LogP) is 4.61. The van der Waals surface area contributed by atoms with Gasteiger partial charge in [-0.25, -0.2) is 4.39 Å². The highest BCUT2D eigenvalue weighted by Gasteiger charge is 2.11. The van der Waals surface area contributed by atoms with Crippen molar-refractivity contribution in [3.8, 4) is 5.75 Å². The second-order valence-corrected chi connectivity index (χ2v) is 5.50. The first-order valence-corrected chi connectivity index (χ1v) is 7.03. The molecular formula is C16H14BrFO2. The lowest BCUT2D eigenvalue weighted by molar-refractivity contribution is 0.103. The molecule has 0 heterocycles. The van der Waals surface area contributed by atoms with Gasteiger partial charge in [-0.1, -0.05) is 0 Å². The van der Waals surface area contributed by atoms with E-state index in [9.17, 15) is 9.18 Å². The van der Waals surface area contributed by atoms with E-state index >= 15 is 0 Å². The Hall–Kier alpha value is -1.68. The first-order chi connectivity index (χ1) is 9.47. The summed E-state index contributed by atoms with van der Waals surface area (Å²) in [6, 6.07) is 11.2. The van der Waals surface area contributed by atoms with Gasteiger partial charge < -0.3 is 4.74 Å². The minimum atomic E-state index is -0.449. The summed E-state index contributed by atoms with van der Waals surface area (Å²) in [4.78, 5) is 12.2. The molecule has 0 saturated carbocycles. The molecule has 20 heavy (non-hydrogen) atoms. The Morgan fingerprint density at radius 3 is 2.25 bits per heavy atom. The number of rotatable bonds is 4. The summed E-state index contributed by atoms with van der Waals surface area (Å²) >= 11 is 3.06. The molecule has 0 radical (unpaired) electrons. The van der Waals surface area contributed by atoms with Gasteiger partial charge in [-0.3, -0.25) is 4.79 Å². The van der Waals surface area contributed by atoms with Crippen LogP contribution in [0.2, 0.25) is 0 Å². The van der Waals surface area contributed by atoms with Gasteiger partial charge in [-0.05, 0) is 72.2 Å². The van der Waals surface area contributed by atoms with Gasteiger partial charge in [-0.15, -0.1) is 0 Å². The Balaban J connectivity index is 2.22. The summed E-state index contributed by atoms with van der Waals surface area (Å²) < 4.78 is 19.3. The van der Waals surface area contributed by atoms with E-state index in [4.69, 9.17) is 4.74 Å². The summed E-state index contributed by atoms with van der Waals surface area (Å²) in [6.07, 6.45) is 0.0807. The standard InChI is InChI=1S/C16H14BrFO2/c1-10(2)20-13-6-3-11(4-7-13)16(19)12-5-8-14(17)15(18)9-12/h3-10H,1-2H3. The molecule has 0 N–H and O–H groups in total. The molecule has 0 unspecified atom stereocenters. The Labute approximate surface area is 125 Å². The van der Waals surface area contributed by atoms with E-state index in [2.05, 4.69) is 15.9 Å². The zero-order valence-corrected chi connectivity index (χ0v) is 12.8. The van der Waals surface area contributed by atoms with Crippen LogP contribution in [0.5, 0.6) is 5.75 Å². The lowest BCUT2D eigenvalue weighted by Gasteiger charge is -2.10. The van der Waals surface area contributed by atoms with E-state index in [0.717, 1.165) is 0 Å². The largest absolute Gasteiger partial charge is 0.491 e. The number of ether oxygens (including phenoxy) is 1. The highest BCUT2D eigenvalue weighted by atomic mass is 79.9. The van der Waals surface area contributed by atoms with Crippen molar-refractivity contribution in [2.45, 2.75) is 20.0 Å². The van der Waals surface area contributed by atoms with Crippen LogP contribution in [0.3, 0.4) is 0 Å². The molecule has 2 nitrogen and oxygen atoms in total. The Bertz CT molecular complexity index is 621. The minimum Gasteiger partial charge on any atom is -0.491 e. The van der Waals surface area contributed by atoms with E-state index < -0.39 is 5.82 Å². The van der Waals surface area contributed by atoms with E-state index in [-0.39, 0.29) is 11.9 Å². The maximum atomic E-state index is 13.4. The van der Waals surface area contributed by atoms with Gasteiger partial charge in [-0.2, -0.15) is 0 Å². The monoisotopic (exact) mass is 336 g/mol. The summed E-state index contributed by atoms with van der Waals surface area (Å²) in [5.74, 6) is 0.0432. The van der Waals surface area contributed by atoms with Gasteiger partial charge in [0.25, 0.3) is 0 Å². The lowest BCUT2D eigenvalue weighted by Crippen LogP contribution is -2.06. The van der Waals surface area contributed by atoms with Crippen LogP contribution in [-0.4, -0.2) is 11.9 Å². The van der Waals surface area contributed by atoms with Crippen LogP contribution >= 0.6 is 15.9 Å². The van der Waals surface area contributed by atoms with Crippen LogP contribution in [0.4, 0.5) is 4.39 Å². The summed E-state index contributed by atoms with van der Waals surface area (Å²) in [5, 5.41) is 0. The van der Waals surface area contributed by atoms with E-state index in [1.54, 1.807) is 30.3 Å². The third-order valence-corrected chi connectivity index (χ3v) is 3.31. The quantitative estimate of drug-likeness (QED) is 0.762. The highest BCUT2D eigenvalue weighted by Crippen LogP contribution is 2.20. The zero-order chi connectivity index (χ0) is 14.7. The molecule has 104 valence electrons. The molecule has 0 atom stereocenters. The summed E-state index contributed by atoms with van der Waals surface area (Å²) in [7, 11) is 0. The molecule has 0 aromatic heterocycles. The number of carbonyl (C=O) groups is 1. The fourth-order valence-corrected chi connectivity index (χ4v) is 2.01. The van der Waals surface area contributed by atoms with Crippen LogP contribution in [-0.2, 0) is 0 Å². The van der Waals surface area contributed by atoms with E-state index in [1.165, 1.54) is 12.1 Å². The van der Waals surface area contributed by atoms with Crippen LogP contribution < -0.4 is 4.74 Å². The average molecular weight is 337 g/mol. The normalized spacial score (nSPS) is 10.7. The fourth-order valence-electron chi connectivity index (χ4n) is 1.76. The molecule has 0 saturated heterocycles. The Morgan fingerprint density at radius 1 is 1.10 bits per heavy atom. The smallest absolute Gasteiger partial charge is 0.193 e. The Kier molecular flexibility index (Phi) is 4.55. The third-order valence-electron chi connectivity index (χ3n) is 2.67. The maximum absolute atomic E-state index is 13.4. The van der Waals surface area contributed by atoms with Crippen molar-refractivity contribution in [2.75, 3.05) is 0 Å². The van der Waals surface area contributed by atoms with Gasteiger partial charge in [0.2, 0.25) is 0 Å². The van der Waals surface area contributed by atoms with Crippen molar-refractivity contribution in [3.05, 3.63) is 63.9 Å². The number of ketones is 1. The molecule has 0 fully saturated rings. The maximum Gasteiger partial charge on any atom is 0.193 e.